The van der Waals surface area contributed by atoms with Crippen molar-refractivity contribution in [3.05, 3.63) is 48.6 Å². The molecule has 6 N–H and O–H groups in total. The van der Waals surface area contributed by atoms with Crippen molar-refractivity contribution in [1.29, 1.82) is 0 Å². The normalized spacial score (nSPS) is 19.6. The molecule has 71 heavy (non-hydrogen) atoms. The third-order valence-electron chi connectivity index (χ3n) is 14.4. The van der Waals surface area contributed by atoms with Gasteiger partial charge in [0.1, 0.15) is 24.4 Å². The van der Waals surface area contributed by atoms with E-state index in [1.54, 1.807) is 0 Å². The first-order valence-corrected chi connectivity index (χ1v) is 30.3. The quantitative estimate of drug-likeness (QED) is 0.0261. The van der Waals surface area contributed by atoms with Crippen LogP contribution in [0.25, 0.3) is 0 Å². The lowest BCUT2D eigenvalue weighted by molar-refractivity contribution is -0.302. The van der Waals surface area contributed by atoms with Gasteiger partial charge in [0, 0.05) is 6.42 Å². The average molecular weight is 1000 g/mol. The number of aliphatic hydroxyl groups excluding tert-OH is 5. The van der Waals surface area contributed by atoms with Crippen molar-refractivity contribution in [2.45, 2.75) is 326 Å². The van der Waals surface area contributed by atoms with E-state index in [-0.39, 0.29) is 12.5 Å². The van der Waals surface area contributed by atoms with E-state index in [0.717, 1.165) is 64.2 Å². The van der Waals surface area contributed by atoms with Crippen molar-refractivity contribution in [2.24, 2.45) is 0 Å². The van der Waals surface area contributed by atoms with Gasteiger partial charge in [-0.3, -0.25) is 4.79 Å². The maximum atomic E-state index is 13.0. The fraction of sp³-hybridized carbons (Fsp3) is 0.855. The van der Waals surface area contributed by atoms with Gasteiger partial charge in [0.25, 0.3) is 0 Å². The number of ether oxygens (including phenoxy) is 2. The number of allylic oxidation sites excluding steroid dienone is 8. The number of carbonyl (C=O) groups excluding carboxylic acids is 1. The lowest BCUT2D eigenvalue weighted by atomic mass is 9.99. The van der Waals surface area contributed by atoms with Crippen LogP contribution in [-0.4, -0.2) is 87.5 Å². The molecule has 0 aromatic carbocycles. The lowest BCUT2D eigenvalue weighted by Gasteiger charge is -2.40. The molecule has 9 nitrogen and oxygen atoms in total. The molecule has 1 saturated heterocycles. The van der Waals surface area contributed by atoms with Gasteiger partial charge >= 0.3 is 0 Å². The molecule has 1 amide bonds. The molecule has 0 radical (unpaired) electrons. The first-order valence-electron chi connectivity index (χ1n) is 30.3. The minimum Gasteiger partial charge on any atom is -0.394 e. The molecule has 7 atom stereocenters. The molecule has 0 bridgehead atoms. The van der Waals surface area contributed by atoms with Crippen LogP contribution in [0.2, 0.25) is 0 Å². The maximum absolute atomic E-state index is 13.0. The summed E-state index contributed by atoms with van der Waals surface area (Å²) < 4.78 is 11.3. The van der Waals surface area contributed by atoms with Crippen LogP contribution in [0.5, 0.6) is 0 Å². The Bertz CT molecular complexity index is 1250. The Morgan fingerprint density at radius 2 is 0.873 bits per heavy atom. The molecular formula is C62H115NO8. The van der Waals surface area contributed by atoms with E-state index in [4.69, 9.17) is 9.47 Å². The van der Waals surface area contributed by atoms with Crippen LogP contribution in [0.15, 0.2) is 48.6 Å². The van der Waals surface area contributed by atoms with Crippen molar-refractivity contribution in [3.8, 4) is 0 Å². The third kappa shape index (κ3) is 41.1. The monoisotopic (exact) mass is 1000 g/mol. The third-order valence-corrected chi connectivity index (χ3v) is 14.4. The smallest absolute Gasteiger partial charge is 0.220 e. The van der Waals surface area contributed by atoms with Crippen molar-refractivity contribution >= 4 is 5.91 Å². The molecule has 1 fully saturated rings. The second kappa shape index (κ2) is 51.6. The zero-order chi connectivity index (χ0) is 51.5. The van der Waals surface area contributed by atoms with E-state index in [2.05, 4.69) is 67.8 Å². The summed E-state index contributed by atoms with van der Waals surface area (Å²) in [5.41, 5.74) is 0. The topological polar surface area (TPSA) is 149 Å². The van der Waals surface area contributed by atoms with Crippen LogP contribution in [-0.2, 0) is 14.3 Å². The van der Waals surface area contributed by atoms with Crippen molar-refractivity contribution in [2.75, 3.05) is 13.2 Å². The molecule has 0 aromatic heterocycles. The molecule has 1 heterocycles. The van der Waals surface area contributed by atoms with Gasteiger partial charge in [-0.2, -0.15) is 0 Å². The van der Waals surface area contributed by atoms with Gasteiger partial charge in [-0.05, 0) is 51.4 Å². The van der Waals surface area contributed by atoms with Gasteiger partial charge in [0.05, 0.1) is 25.4 Å². The number of hydrogen-bond acceptors (Lipinski definition) is 8. The Balaban J connectivity index is 2.02. The number of hydrogen-bond donors (Lipinski definition) is 6. The summed E-state index contributed by atoms with van der Waals surface area (Å²) in [7, 11) is 0. The van der Waals surface area contributed by atoms with Gasteiger partial charge in [-0.15, -0.1) is 0 Å². The highest BCUT2D eigenvalue weighted by atomic mass is 16.7. The SMILES string of the molecule is CC/C=C\C/C=C\C/C=C\C/C=C\CCCCCCCCCCCCCCCCCCCCCCCCCCC(=O)NC(COC1OC(CO)C(O)C(O)C1O)C(O)CCCCCCCCCCCCC. The molecular weight excluding hydrogens is 887 g/mol. The molecule has 416 valence electrons. The summed E-state index contributed by atoms with van der Waals surface area (Å²) in [5, 5.41) is 54.5. The Hall–Kier alpha value is -1.85. The minimum atomic E-state index is -1.55. The highest BCUT2D eigenvalue weighted by molar-refractivity contribution is 5.76. The predicted octanol–water partition coefficient (Wildman–Crippen LogP) is 15.3. The fourth-order valence-corrected chi connectivity index (χ4v) is 9.68. The molecule has 1 rings (SSSR count). The molecule has 9 heteroatoms. The zero-order valence-electron chi connectivity index (χ0n) is 46.2. The van der Waals surface area contributed by atoms with Crippen molar-refractivity contribution in [1.82, 2.24) is 5.32 Å². The standard InChI is InChI=1S/C62H115NO8/c1-3-5-7-9-11-13-15-16-17-18-19-20-21-22-23-24-25-26-27-28-29-30-31-32-33-34-35-36-37-38-39-40-42-44-46-48-50-52-58(66)63-55(54-70-62-61(69)60(68)59(67)57(53-64)71-62)56(65)51-49-47-45-43-41-14-12-10-8-6-4-2/h5,7,11,13,16-17,19-20,55-57,59-62,64-65,67-69H,3-4,6,8-10,12,14-15,18,21-54H2,1-2H3,(H,63,66)/b7-5-,13-11-,17-16-,20-19-. The number of aliphatic hydroxyl groups is 5. The van der Waals surface area contributed by atoms with Gasteiger partial charge in [0.15, 0.2) is 6.29 Å². The lowest BCUT2D eigenvalue weighted by Crippen LogP contribution is -2.60. The minimum absolute atomic E-state index is 0.135. The Morgan fingerprint density at radius 3 is 1.30 bits per heavy atom. The number of rotatable bonds is 52. The molecule has 0 saturated carbocycles. The number of nitrogens with one attached hydrogen (secondary N) is 1. The summed E-state index contributed by atoms with van der Waals surface area (Å²) in [6, 6.07) is -0.716. The molecule has 0 aliphatic carbocycles. The van der Waals surface area contributed by atoms with Crippen molar-refractivity contribution < 1.29 is 39.8 Å². The molecule has 7 unspecified atom stereocenters. The van der Waals surface area contributed by atoms with E-state index >= 15 is 0 Å². The number of amides is 1. The second-order valence-corrected chi connectivity index (χ2v) is 21.1. The summed E-state index contributed by atoms with van der Waals surface area (Å²) in [6.45, 7) is 3.73. The van der Waals surface area contributed by atoms with Gasteiger partial charge in [0.2, 0.25) is 5.91 Å². The van der Waals surface area contributed by atoms with E-state index in [1.165, 1.54) is 193 Å². The summed E-state index contributed by atoms with van der Waals surface area (Å²) in [6.07, 6.45) is 61.8. The van der Waals surface area contributed by atoms with Gasteiger partial charge in [-0.1, -0.05) is 274 Å². The van der Waals surface area contributed by atoms with Crippen molar-refractivity contribution in [3.63, 3.8) is 0 Å². The Morgan fingerprint density at radius 1 is 0.493 bits per heavy atom. The first kappa shape index (κ1) is 67.2. The summed E-state index contributed by atoms with van der Waals surface area (Å²) in [4.78, 5) is 13.0. The highest BCUT2D eigenvalue weighted by Crippen LogP contribution is 2.23. The van der Waals surface area contributed by atoms with E-state index in [9.17, 15) is 30.3 Å². The van der Waals surface area contributed by atoms with Crippen LogP contribution >= 0.6 is 0 Å². The van der Waals surface area contributed by atoms with Gasteiger partial charge in [-0.25, -0.2) is 0 Å². The molecule has 0 spiro atoms. The van der Waals surface area contributed by atoms with Crippen LogP contribution < -0.4 is 5.32 Å². The summed E-state index contributed by atoms with van der Waals surface area (Å²) >= 11 is 0. The van der Waals surface area contributed by atoms with Crippen LogP contribution in [0, 0.1) is 0 Å². The van der Waals surface area contributed by atoms with Crippen LogP contribution in [0.3, 0.4) is 0 Å². The van der Waals surface area contributed by atoms with Gasteiger partial charge < -0.3 is 40.3 Å². The van der Waals surface area contributed by atoms with E-state index < -0.39 is 49.5 Å². The summed E-state index contributed by atoms with van der Waals surface area (Å²) in [5.74, 6) is -0.141. The van der Waals surface area contributed by atoms with Crippen LogP contribution in [0.1, 0.15) is 284 Å². The Kier molecular flexibility index (Phi) is 48.8. The Labute approximate surface area is 437 Å². The average Bonchev–Trinajstić information content (AvgIpc) is 3.37. The largest absolute Gasteiger partial charge is 0.394 e. The first-order chi connectivity index (χ1) is 34.8. The highest BCUT2D eigenvalue weighted by Gasteiger charge is 2.44. The molecule has 1 aliphatic heterocycles. The number of carbonyl (C=O) groups is 1. The maximum Gasteiger partial charge on any atom is 0.220 e. The predicted molar refractivity (Wildman–Crippen MR) is 299 cm³/mol. The zero-order valence-corrected chi connectivity index (χ0v) is 46.2. The fourth-order valence-electron chi connectivity index (χ4n) is 9.68. The van der Waals surface area contributed by atoms with E-state index in [1.807, 2.05) is 0 Å². The van der Waals surface area contributed by atoms with Crippen LogP contribution in [0.4, 0.5) is 0 Å². The molecule has 0 aromatic rings. The molecule has 1 aliphatic rings. The number of unbranched alkanes of at least 4 members (excludes halogenated alkanes) is 34. The second-order valence-electron chi connectivity index (χ2n) is 21.1. The van der Waals surface area contributed by atoms with E-state index in [0.29, 0.717) is 12.8 Å².